The molecule has 0 N–H and O–H groups in total. The van der Waals surface area contributed by atoms with Crippen LogP contribution in [0.1, 0.15) is 11.1 Å². The smallest absolute Gasteiger partial charge is 0.292 e. The second-order valence-electron chi connectivity index (χ2n) is 2.39. The van der Waals surface area contributed by atoms with E-state index in [1.54, 1.807) is 30.5 Å². The highest BCUT2D eigenvalue weighted by molar-refractivity contribution is 5.65. The standard InChI is InChI=1S/C11H9NO/c1-3-9-5-6-11(13-8-12)7-10(9)4-2/h3-7H,1-2H2. The van der Waals surface area contributed by atoms with Crippen LogP contribution in [0.5, 0.6) is 5.75 Å². The van der Waals surface area contributed by atoms with Crippen LogP contribution in [0, 0.1) is 11.5 Å². The maximum absolute atomic E-state index is 8.29. The minimum absolute atomic E-state index is 0.517. The lowest BCUT2D eigenvalue weighted by Gasteiger charge is -2.02. The number of nitriles is 1. The molecule has 0 amide bonds. The third kappa shape index (κ3) is 1.97. The molecule has 2 heteroatoms. The summed E-state index contributed by atoms with van der Waals surface area (Å²) in [6.45, 7) is 7.32. The van der Waals surface area contributed by atoms with E-state index in [0.717, 1.165) is 11.1 Å². The van der Waals surface area contributed by atoms with Crippen LogP contribution in [0.3, 0.4) is 0 Å². The molecule has 0 unspecified atom stereocenters. The molecule has 0 fully saturated rings. The largest absolute Gasteiger partial charge is 0.388 e. The third-order valence-electron chi connectivity index (χ3n) is 1.66. The molecule has 0 spiro atoms. The van der Waals surface area contributed by atoms with Crippen LogP contribution in [0.15, 0.2) is 31.4 Å². The van der Waals surface area contributed by atoms with Crippen molar-refractivity contribution in [1.29, 1.82) is 5.26 Å². The lowest BCUT2D eigenvalue weighted by molar-refractivity contribution is 0.507. The van der Waals surface area contributed by atoms with Gasteiger partial charge in [0.1, 0.15) is 5.75 Å². The Balaban J connectivity index is 3.14. The summed E-state index contributed by atoms with van der Waals surface area (Å²) in [6, 6.07) is 5.29. The molecule has 0 saturated carbocycles. The van der Waals surface area contributed by atoms with Crippen molar-refractivity contribution < 1.29 is 4.74 Å². The number of nitrogens with zero attached hydrogens (tertiary/aromatic N) is 1. The second-order valence-corrected chi connectivity index (χ2v) is 2.39. The second kappa shape index (κ2) is 4.13. The summed E-state index contributed by atoms with van der Waals surface area (Å²) < 4.78 is 4.67. The summed E-state index contributed by atoms with van der Waals surface area (Å²) in [5.41, 5.74) is 1.88. The summed E-state index contributed by atoms with van der Waals surface area (Å²) in [5, 5.41) is 8.29. The number of benzene rings is 1. The van der Waals surface area contributed by atoms with Crippen LogP contribution in [0.2, 0.25) is 0 Å². The van der Waals surface area contributed by atoms with Crippen LogP contribution in [0.25, 0.3) is 12.2 Å². The molecule has 0 atom stereocenters. The van der Waals surface area contributed by atoms with Crippen molar-refractivity contribution in [3.63, 3.8) is 0 Å². The van der Waals surface area contributed by atoms with Crippen molar-refractivity contribution in [2.45, 2.75) is 0 Å². The fraction of sp³-hybridized carbons (Fsp3) is 0. The van der Waals surface area contributed by atoms with Gasteiger partial charge in [0.15, 0.2) is 0 Å². The maximum Gasteiger partial charge on any atom is 0.292 e. The number of hydrogen-bond donors (Lipinski definition) is 0. The Bertz CT molecular complexity index is 374. The van der Waals surface area contributed by atoms with Gasteiger partial charge in [0.25, 0.3) is 6.26 Å². The topological polar surface area (TPSA) is 33.0 Å². The predicted octanol–water partition coefficient (Wildman–Crippen LogP) is 2.83. The fourth-order valence-electron chi connectivity index (χ4n) is 1.03. The molecule has 0 heterocycles. The Morgan fingerprint density at radius 1 is 1.23 bits per heavy atom. The zero-order chi connectivity index (χ0) is 9.68. The van der Waals surface area contributed by atoms with Crippen LogP contribution in [-0.2, 0) is 0 Å². The van der Waals surface area contributed by atoms with Crippen molar-refractivity contribution >= 4 is 12.2 Å². The molecule has 1 rings (SSSR count). The average molecular weight is 171 g/mol. The van der Waals surface area contributed by atoms with E-state index in [0.29, 0.717) is 5.75 Å². The molecule has 0 aliphatic rings. The van der Waals surface area contributed by atoms with E-state index in [1.807, 2.05) is 6.07 Å². The third-order valence-corrected chi connectivity index (χ3v) is 1.66. The van der Waals surface area contributed by atoms with E-state index in [-0.39, 0.29) is 0 Å². The van der Waals surface area contributed by atoms with Gasteiger partial charge in [-0.3, -0.25) is 0 Å². The highest BCUT2D eigenvalue weighted by Crippen LogP contribution is 2.19. The Hall–Kier alpha value is -2.01. The number of hydrogen-bond acceptors (Lipinski definition) is 2. The van der Waals surface area contributed by atoms with Crippen LogP contribution >= 0.6 is 0 Å². The van der Waals surface area contributed by atoms with E-state index >= 15 is 0 Å². The lowest BCUT2D eigenvalue weighted by atomic mass is 10.1. The van der Waals surface area contributed by atoms with Gasteiger partial charge >= 0.3 is 0 Å². The van der Waals surface area contributed by atoms with Gasteiger partial charge in [-0.25, -0.2) is 0 Å². The minimum Gasteiger partial charge on any atom is -0.388 e. The highest BCUT2D eigenvalue weighted by atomic mass is 16.5. The van der Waals surface area contributed by atoms with Gasteiger partial charge in [-0.2, -0.15) is 0 Å². The SMILES string of the molecule is C=Cc1ccc(OC#N)cc1C=C. The number of rotatable bonds is 3. The van der Waals surface area contributed by atoms with Gasteiger partial charge in [0.05, 0.1) is 0 Å². The number of ether oxygens (including phenoxy) is 1. The monoisotopic (exact) mass is 171 g/mol. The molecular weight excluding hydrogens is 162 g/mol. The van der Waals surface area contributed by atoms with E-state index in [2.05, 4.69) is 17.9 Å². The average Bonchev–Trinajstić information content (AvgIpc) is 2.18. The molecule has 0 radical (unpaired) electrons. The van der Waals surface area contributed by atoms with Crippen molar-refractivity contribution in [2.24, 2.45) is 0 Å². The first-order valence-electron chi connectivity index (χ1n) is 3.76. The molecule has 0 aliphatic carbocycles. The molecule has 1 aromatic carbocycles. The van der Waals surface area contributed by atoms with Gasteiger partial charge in [-0.1, -0.05) is 31.4 Å². The Morgan fingerprint density at radius 3 is 2.46 bits per heavy atom. The van der Waals surface area contributed by atoms with Gasteiger partial charge < -0.3 is 4.74 Å². The summed E-state index contributed by atoms with van der Waals surface area (Å²) in [7, 11) is 0. The summed E-state index contributed by atoms with van der Waals surface area (Å²) >= 11 is 0. The van der Waals surface area contributed by atoms with Crippen molar-refractivity contribution in [3.05, 3.63) is 42.5 Å². The quantitative estimate of drug-likeness (QED) is 0.655. The van der Waals surface area contributed by atoms with Crippen LogP contribution in [0.4, 0.5) is 0 Å². The maximum atomic E-state index is 8.29. The van der Waals surface area contributed by atoms with Gasteiger partial charge in [-0.15, -0.1) is 5.26 Å². The highest BCUT2D eigenvalue weighted by Gasteiger charge is 1.98. The van der Waals surface area contributed by atoms with E-state index in [1.165, 1.54) is 0 Å². The summed E-state index contributed by atoms with van der Waals surface area (Å²) in [6.07, 6.45) is 5.04. The lowest BCUT2D eigenvalue weighted by Crippen LogP contribution is -1.85. The van der Waals surface area contributed by atoms with Gasteiger partial charge in [0, 0.05) is 0 Å². The normalized spacial score (nSPS) is 8.54. The fourth-order valence-corrected chi connectivity index (χ4v) is 1.03. The minimum atomic E-state index is 0.517. The van der Waals surface area contributed by atoms with Gasteiger partial charge in [-0.05, 0) is 23.3 Å². The Morgan fingerprint density at radius 2 is 1.92 bits per heavy atom. The first-order chi connectivity index (χ1) is 6.31. The summed E-state index contributed by atoms with van der Waals surface area (Å²) in [5.74, 6) is 0.517. The molecule has 13 heavy (non-hydrogen) atoms. The van der Waals surface area contributed by atoms with Gasteiger partial charge in [0.2, 0.25) is 0 Å². The molecular formula is C11H9NO. The molecule has 0 saturated heterocycles. The van der Waals surface area contributed by atoms with Crippen molar-refractivity contribution in [1.82, 2.24) is 0 Å². The van der Waals surface area contributed by atoms with E-state index in [4.69, 9.17) is 5.26 Å². The van der Waals surface area contributed by atoms with Crippen molar-refractivity contribution in [3.8, 4) is 12.0 Å². The summed E-state index contributed by atoms with van der Waals surface area (Å²) in [4.78, 5) is 0. The molecule has 0 bridgehead atoms. The zero-order valence-electron chi connectivity index (χ0n) is 7.16. The van der Waals surface area contributed by atoms with Crippen molar-refractivity contribution in [2.75, 3.05) is 0 Å². The molecule has 0 aromatic heterocycles. The predicted molar refractivity (Wildman–Crippen MR) is 52.9 cm³/mol. The molecule has 2 nitrogen and oxygen atoms in total. The van der Waals surface area contributed by atoms with E-state index in [9.17, 15) is 0 Å². The van der Waals surface area contributed by atoms with E-state index < -0.39 is 0 Å². The zero-order valence-corrected chi connectivity index (χ0v) is 7.16. The molecule has 1 aromatic rings. The molecule has 0 aliphatic heterocycles. The Kier molecular flexibility index (Phi) is 2.88. The first kappa shape index (κ1) is 9.08. The Labute approximate surface area is 77.4 Å². The van der Waals surface area contributed by atoms with Crippen LogP contribution in [-0.4, -0.2) is 0 Å². The van der Waals surface area contributed by atoms with Crippen LogP contribution < -0.4 is 4.74 Å². The first-order valence-corrected chi connectivity index (χ1v) is 3.76. The molecule has 64 valence electrons.